The fraction of sp³-hybridized carbons (Fsp3) is 0.692. The molecule has 1 amide bonds. The van der Waals surface area contributed by atoms with Crippen LogP contribution < -0.4 is 15.8 Å². The van der Waals surface area contributed by atoms with E-state index in [9.17, 15) is 18.0 Å². The number of nitrogens with one attached hydrogen (secondary N) is 2. The van der Waals surface area contributed by atoms with Gasteiger partial charge in [-0.3, -0.25) is 9.59 Å². The zero-order chi connectivity index (χ0) is 25.7. The lowest BCUT2D eigenvalue weighted by atomic mass is 9.82. The lowest BCUT2D eigenvalue weighted by Crippen LogP contribution is -2.44. The second-order valence-corrected chi connectivity index (χ2v) is 11.5. The van der Waals surface area contributed by atoms with Gasteiger partial charge in [-0.05, 0) is 87.9 Å². The molecule has 9 heteroatoms. The molecule has 1 saturated carbocycles. The minimum Gasteiger partial charge on any atom is -0.468 e. The Hall–Kier alpha value is -1.97. The van der Waals surface area contributed by atoms with E-state index in [1.165, 1.54) is 12.7 Å². The van der Waals surface area contributed by atoms with Gasteiger partial charge in [0.15, 0.2) is 0 Å². The van der Waals surface area contributed by atoms with Crippen LogP contribution in [-0.4, -0.2) is 51.8 Å². The van der Waals surface area contributed by atoms with E-state index in [-0.39, 0.29) is 23.6 Å². The zero-order valence-corrected chi connectivity index (χ0v) is 22.1. The number of ether oxygens (including phenoxy) is 1. The predicted octanol–water partition coefficient (Wildman–Crippen LogP) is 3.30. The largest absolute Gasteiger partial charge is 0.468 e. The number of hydrogen-bond acceptors (Lipinski definition) is 6. The normalized spacial score (nSPS) is 19.2. The number of esters is 1. The number of rotatable bonds is 15. The molecule has 35 heavy (non-hydrogen) atoms. The number of hydrogen-bond donors (Lipinski definition) is 3. The van der Waals surface area contributed by atoms with E-state index in [1.54, 1.807) is 0 Å². The molecule has 1 aliphatic carbocycles. The van der Waals surface area contributed by atoms with Gasteiger partial charge in [-0.2, -0.15) is 0 Å². The molecule has 8 nitrogen and oxygen atoms in total. The first-order valence-corrected chi connectivity index (χ1v) is 14.6. The summed E-state index contributed by atoms with van der Waals surface area (Å²) in [7, 11) is -2.26. The number of sulfonamides is 1. The molecule has 0 aliphatic heterocycles. The molecule has 0 bridgehead atoms. The van der Waals surface area contributed by atoms with E-state index < -0.39 is 22.0 Å². The van der Waals surface area contributed by atoms with E-state index in [0.717, 1.165) is 64.3 Å². The smallest absolute Gasteiger partial charge is 0.323 e. The number of nitrogens with two attached hydrogens (primary N) is 1. The van der Waals surface area contributed by atoms with Crippen molar-refractivity contribution in [1.29, 1.82) is 0 Å². The summed E-state index contributed by atoms with van der Waals surface area (Å²) in [4.78, 5) is 24.9. The Bertz CT molecular complexity index is 881. The quantitative estimate of drug-likeness (QED) is 0.246. The van der Waals surface area contributed by atoms with E-state index in [0.29, 0.717) is 18.4 Å². The maximum Gasteiger partial charge on any atom is 0.323 e. The van der Waals surface area contributed by atoms with Crippen molar-refractivity contribution >= 4 is 21.9 Å². The molecular weight excluding hydrogens is 466 g/mol. The zero-order valence-electron chi connectivity index (χ0n) is 21.3. The number of benzene rings is 1. The van der Waals surface area contributed by atoms with Gasteiger partial charge in [0.2, 0.25) is 10.0 Å². The molecule has 0 saturated heterocycles. The minimum atomic E-state index is -3.53. The van der Waals surface area contributed by atoms with Gasteiger partial charge in [0, 0.05) is 11.6 Å². The Morgan fingerprint density at radius 2 is 1.74 bits per heavy atom. The average molecular weight is 510 g/mol. The monoisotopic (exact) mass is 509 g/mol. The Labute approximate surface area is 210 Å². The third-order valence-electron chi connectivity index (χ3n) is 6.71. The molecule has 0 aromatic heterocycles. The molecule has 1 fully saturated rings. The molecule has 1 aromatic rings. The van der Waals surface area contributed by atoms with Crippen LogP contribution in [0.3, 0.4) is 0 Å². The number of amides is 1. The molecule has 0 spiro atoms. The van der Waals surface area contributed by atoms with E-state index in [2.05, 4.69) is 10.0 Å². The highest BCUT2D eigenvalue weighted by Gasteiger charge is 2.30. The van der Waals surface area contributed by atoms with Crippen LogP contribution in [0, 0.1) is 5.92 Å². The Kier molecular flexibility index (Phi) is 12.7. The number of carbonyl (C=O) groups excluding carboxylic acids is 2. The van der Waals surface area contributed by atoms with Crippen molar-refractivity contribution < 1.29 is 22.7 Å². The summed E-state index contributed by atoms with van der Waals surface area (Å²) >= 11 is 0. The molecular formula is C26H43N3O5S. The highest BCUT2D eigenvalue weighted by Crippen LogP contribution is 2.28. The molecule has 1 aliphatic rings. The van der Waals surface area contributed by atoms with Crippen LogP contribution in [0.2, 0.25) is 0 Å². The molecule has 0 radical (unpaired) electrons. The highest BCUT2D eigenvalue weighted by molar-refractivity contribution is 7.89. The lowest BCUT2D eigenvalue weighted by Gasteiger charge is -2.31. The summed E-state index contributed by atoms with van der Waals surface area (Å²) in [5.41, 5.74) is 7.42. The average Bonchev–Trinajstić information content (AvgIpc) is 2.86. The minimum absolute atomic E-state index is 0.00499. The Balaban J connectivity index is 1.81. The lowest BCUT2D eigenvalue weighted by molar-refractivity contribution is -0.143. The fourth-order valence-electron chi connectivity index (χ4n) is 4.56. The third-order valence-corrected chi connectivity index (χ3v) is 8.18. The van der Waals surface area contributed by atoms with E-state index in [1.807, 2.05) is 31.2 Å². The van der Waals surface area contributed by atoms with Crippen LogP contribution in [0.4, 0.5) is 0 Å². The fourth-order valence-corrected chi connectivity index (χ4v) is 5.97. The second kappa shape index (κ2) is 15.2. The van der Waals surface area contributed by atoms with Gasteiger partial charge in [0.1, 0.15) is 6.04 Å². The molecule has 1 unspecified atom stereocenters. The first-order valence-electron chi connectivity index (χ1n) is 13.0. The topological polar surface area (TPSA) is 128 Å². The summed E-state index contributed by atoms with van der Waals surface area (Å²) in [6.07, 6.45) is 9.20. The number of carbonyl (C=O) groups is 2. The van der Waals surface area contributed by atoms with Crippen LogP contribution >= 0.6 is 0 Å². The first-order chi connectivity index (χ1) is 16.8. The molecule has 1 atom stereocenters. The van der Waals surface area contributed by atoms with Crippen LogP contribution in [0.15, 0.2) is 24.3 Å². The maximum atomic E-state index is 12.7. The van der Waals surface area contributed by atoms with Gasteiger partial charge >= 0.3 is 5.97 Å². The van der Waals surface area contributed by atoms with Crippen molar-refractivity contribution in [3.8, 4) is 0 Å². The standard InChI is InChI=1S/C26H43N3O5S/c1-3-4-18-35(32,33)29-24(26(31)34-2)19-21-11-15-23(16-12-21)28-25(30)22-13-9-20(10-14-22)8-6-5-7-17-27/h9-10,13-14,21,23-24,29H,3-8,11-12,15-19,27H2,1-2H3,(H,28,30). The summed E-state index contributed by atoms with van der Waals surface area (Å²) in [6.45, 7) is 2.65. The third kappa shape index (κ3) is 10.7. The van der Waals surface area contributed by atoms with Crippen molar-refractivity contribution in [2.24, 2.45) is 11.7 Å². The van der Waals surface area contributed by atoms with Crippen molar-refractivity contribution in [2.75, 3.05) is 19.4 Å². The van der Waals surface area contributed by atoms with Gasteiger partial charge in [-0.1, -0.05) is 31.9 Å². The van der Waals surface area contributed by atoms with Gasteiger partial charge in [-0.15, -0.1) is 0 Å². The first kappa shape index (κ1) is 29.3. The number of methoxy groups -OCH3 is 1. The van der Waals surface area contributed by atoms with Crippen LogP contribution in [0.5, 0.6) is 0 Å². The summed E-state index contributed by atoms with van der Waals surface area (Å²) in [6, 6.07) is 7.00. The highest BCUT2D eigenvalue weighted by atomic mass is 32.2. The van der Waals surface area contributed by atoms with E-state index in [4.69, 9.17) is 10.5 Å². The van der Waals surface area contributed by atoms with Gasteiger partial charge < -0.3 is 15.8 Å². The van der Waals surface area contributed by atoms with Crippen molar-refractivity contribution in [3.63, 3.8) is 0 Å². The number of unbranched alkanes of at least 4 members (excludes halogenated alkanes) is 3. The van der Waals surface area contributed by atoms with Gasteiger partial charge in [0.05, 0.1) is 12.9 Å². The SMILES string of the molecule is CCCCS(=O)(=O)NC(CC1CCC(NC(=O)c2ccc(CCCCCN)cc2)CC1)C(=O)OC. The predicted molar refractivity (Wildman–Crippen MR) is 139 cm³/mol. The molecule has 1 aromatic carbocycles. The van der Waals surface area contributed by atoms with Crippen LogP contribution in [0.25, 0.3) is 0 Å². The molecule has 198 valence electrons. The summed E-state index contributed by atoms with van der Waals surface area (Å²) in [5.74, 6) is -0.423. The number of aryl methyl sites for hydroxylation is 1. The van der Waals surface area contributed by atoms with Crippen molar-refractivity contribution in [2.45, 2.75) is 89.6 Å². The van der Waals surface area contributed by atoms with Crippen LogP contribution in [0.1, 0.15) is 87.1 Å². The van der Waals surface area contributed by atoms with E-state index >= 15 is 0 Å². The maximum absolute atomic E-state index is 12.7. The van der Waals surface area contributed by atoms with Crippen molar-refractivity contribution in [3.05, 3.63) is 35.4 Å². The van der Waals surface area contributed by atoms with Crippen LogP contribution in [-0.2, 0) is 26.0 Å². The van der Waals surface area contributed by atoms with Gasteiger partial charge in [-0.25, -0.2) is 13.1 Å². The van der Waals surface area contributed by atoms with Gasteiger partial charge in [0.25, 0.3) is 5.91 Å². The molecule has 2 rings (SSSR count). The Morgan fingerprint density at radius 1 is 1.06 bits per heavy atom. The molecule has 0 heterocycles. The summed E-state index contributed by atoms with van der Waals surface area (Å²) < 4.78 is 32.0. The second-order valence-electron chi connectivity index (χ2n) is 9.59. The van der Waals surface area contributed by atoms with Crippen molar-refractivity contribution in [1.82, 2.24) is 10.0 Å². The molecule has 4 N–H and O–H groups in total. The summed E-state index contributed by atoms with van der Waals surface area (Å²) in [5, 5.41) is 3.13. The Morgan fingerprint density at radius 3 is 2.34 bits per heavy atom.